The Kier molecular flexibility index (Phi) is 6.68. The van der Waals surface area contributed by atoms with Crippen LogP contribution in [0.25, 0.3) is 0 Å². The summed E-state index contributed by atoms with van der Waals surface area (Å²) in [5.41, 5.74) is 4.85. The van der Waals surface area contributed by atoms with Crippen LogP contribution in [-0.4, -0.2) is 12.5 Å². The fourth-order valence-corrected chi connectivity index (χ4v) is 1.17. The molecule has 0 aromatic carbocycles. The number of nitrogens with zero attached hydrogens (tertiary/aromatic N) is 1. The van der Waals surface area contributed by atoms with Crippen molar-refractivity contribution in [3.05, 3.63) is 10.6 Å². The van der Waals surface area contributed by atoms with Crippen LogP contribution < -0.4 is 11.1 Å². The summed E-state index contributed by atoms with van der Waals surface area (Å²) < 4.78 is 0. The molecule has 0 heterocycles. The van der Waals surface area contributed by atoms with Crippen molar-refractivity contribution in [2.24, 2.45) is 5.73 Å². The Morgan fingerprint density at radius 1 is 1.57 bits per heavy atom. The van der Waals surface area contributed by atoms with Crippen LogP contribution in [0.5, 0.6) is 0 Å². The zero-order chi connectivity index (χ0) is 11.0. The SMILES string of the molecule is CCCCCNC(S)=C(C#N)C(N)=O. The molecule has 4 nitrogen and oxygen atoms in total. The molecule has 0 rings (SSSR count). The molecule has 0 spiro atoms. The summed E-state index contributed by atoms with van der Waals surface area (Å²) in [6.07, 6.45) is 3.21. The molecular formula is C9H15N3OS. The standard InChI is InChI=1S/C9H15N3OS/c1-2-3-4-5-12-9(14)7(6-10)8(11)13/h12,14H,2-5H2,1H3,(H2,11,13). The Morgan fingerprint density at radius 2 is 2.21 bits per heavy atom. The van der Waals surface area contributed by atoms with Gasteiger partial charge in [-0.3, -0.25) is 4.79 Å². The van der Waals surface area contributed by atoms with Gasteiger partial charge in [0.25, 0.3) is 5.91 Å². The van der Waals surface area contributed by atoms with Crippen LogP contribution in [0.4, 0.5) is 0 Å². The lowest BCUT2D eigenvalue weighted by Crippen LogP contribution is -2.20. The topological polar surface area (TPSA) is 78.9 Å². The number of nitrogens with one attached hydrogen (secondary N) is 1. The third kappa shape index (κ3) is 4.77. The number of nitrogens with two attached hydrogens (primary N) is 1. The highest BCUT2D eigenvalue weighted by Crippen LogP contribution is 2.04. The molecule has 0 saturated heterocycles. The summed E-state index contributed by atoms with van der Waals surface area (Å²) in [6.45, 7) is 2.80. The van der Waals surface area contributed by atoms with Gasteiger partial charge in [-0.2, -0.15) is 5.26 Å². The number of nitriles is 1. The molecule has 78 valence electrons. The van der Waals surface area contributed by atoms with E-state index in [1.54, 1.807) is 6.07 Å². The third-order valence-corrected chi connectivity index (χ3v) is 2.05. The van der Waals surface area contributed by atoms with Crippen LogP contribution in [-0.2, 0) is 4.79 Å². The first-order valence-corrected chi connectivity index (χ1v) is 4.95. The molecule has 0 aliphatic rings. The molecule has 14 heavy (non-hydrogen) atoms. The van der Waals surface area contributed by atoms with Crippen molar-refractivity contribution in [2.45, 2.75) is 26.2 Å². The number of thiol groups is 1. The van der Waals surface area contributed by atoms with Crippen molar-refractivity contribution in [1.29, 1.82) is 5.26 Å². The minimum absolute atomic E-state index is 0.121. The van der Waals surface area contributed by atoms with E-state index in [0.29, 0.717) is 6.54 Å². The van der Waals surface area contributed by atoms with Gasteiger partial charge >= 0.3 is 0 Å². The maximum Gasteiger partial charge on any atom is 0.262 e. The molecule has 5 heteroatoms. The van der Waals surface area contributed by atoms with Gasteiger partial charge in [-0.15, -0.1) is 12.6 Å². The Morgan fingerprint density at radius 3 is 2.64 bits per heavy atom. The van der Waals surface area contributed by atoms with Gasteiger partial charge in [0, 0.05) is 6.54 Å². The van der Waals surface area contributed by atoms with Crippen LogP contribution in [0.15, 0.2) is 10.6 Å². The highest BCUT2D eigenvalue weighted by atomic mass is 32.1. The molecular weight excluding hydrogens is 198 g/mol. The molecule has 0 aliphatic carbocycles. The summed E-state index contributed by atoms with van der Waals surface area (Å²) in [6, 6.07) is 1.71. The lowest BCUT2D eigenvalue weighted by Gasteiger charge is -2.05. The number of hydrogen-bond acceptors (Lipinski definition) is 4. The first-order chi connectivity index (χ1) is 6.63. The number of primary amides is 1. The van der Waals surface area contributed by atoms with E-state index in [0.717, 1.165) is 19.3 Å². The van der Waals surface area contributed by atoms with E-state index in [4.69, 9.17) is 11.0 Å². The van der Waals surface area contributed by atoms with E-state index in [1.807, 2.05) is 0 Å². The first-order valence-electron chi connectivity index (χ1n) is 4.50. The largest absolute Gasteiger partial charge is 0.379 e. The predicted molar refractivity (Wildman–Crippen MR) is 58.3 cm³/mol. The molecule has 0 aromatic rings. The molecule has 0 aromatic heterocycles. The monoisotopic (exact) mass is 213 g/mol. The van der Waals surface area contributed by atoms with E-state index in [-0.39, 0.29) is 10.6 Å². The van der Waals surface area contributed by atoms with Crippen LogP contribution in [0.3, 0.4) is 0 Å². The Bertz CT molecular complexity index is 268. The normalized spacial score (nSPS) is 11.5. The van der Waals surface area contributed by atoms with Gasteiger partial charge in [0.05, 0.1) is 5.03 Å². The summed E-state index contributed by atoms with van der Waals surface area (Å²) in [7, 11) is 0. The van der Waals surface area contributed by atoms with Gasteiger partial charge in [0.1, 0.15) is 11.6 Å². The molecule has 0 aliphatic heterocycles. The smallest absolute Gasteiger partial charge is 0.262 e. The fraction of sp³-hybridized carbons (Fsp3) is 0.556. The first kappa shape index (κ1) is 12.8. The van der Waals surface area contributed by atoms with Gasteiger partial charge in [0.2, 0.25) is 0 Å². The average Bonchev–Trinajstić information content (AvgIpc) is 2.13. The molecule has 0 radical (unpaired) electrons. The molecule has 0 bridgehead atoms. The summed E-state index contributed by atoms with van der Waals surface area (Å²) >= 11 is 3.99. The van der Waals surface area contributed by atoms with Crippen LogP contribution >= 0.6 is 12.6 Å². The van der Waals surface area contributed by atoms with E-state index < -0.39 is 5.91 Å². The van der Waals surface area contributed by atoms with Gasteiger partial charge in [0.15, 0.2) is 0 Å². The van der Waals surface area contributed by atoms with E-state index in [9.17, 15) is 4.79 Å². The van der Waals surface area contributed by atoms with Crippen molar-refractivity contribution in [3.8, 4) is 6.07 Å². The van der Waals surface area contributed by atoms with Crippen molar-refractivity contribution in [1.82, 2.24) is 5.32 Å². The lowest BCUT2D eigenvalue weighted by atomic mass is 10.2. The summed E-state index contributed by atoms with van der Waals surface area (Å²) in [5, 5.41) is 11.7. The number of amides is 1. The Hall–Kier alpha value is -1.15. The minimum Gasteiger partial charge on any atom is -0.379 e. The zero-order valence-electron chi connectivity index (χ0n) is 8.21. The van der Waals surface area contributed by atoms with Gasteiger partial charge < -0.3 is 11.1 Å². The van der Waals surface area contributed by atoms with Crippen LogP contribution in [0, 0.1) is 11.3 Å². The number of hydrogen-bond donors (Lipinski definition) is 3. The molecule has 0 atom stereocenters. The van der Waals surface area contributed by atoms with Crippen LogP contribution in [0.1, 0.15) is 26.2 Å². The number of unbranched alkanes of at least 4 members (excludes halogenated alkanes) is 2. The minimum atomic E-state index is -0.750. The van der Waals surface area contributed by atoms with Crippen molar-refractivity contribution < 1.29 is 4.79 Å². The number of rotatable bonds is 6. The number of carbonyl (C=O) groups excluding carboxylic acids is 1. The molecule has 1 amide bonds. The predicted octanol–water partition coefficient (Wildman–Crippen LogP) is 0.916. The summed E-state index contributed by atoms with van der Waals surface area (Å²) in [4.78, 5) is 10.7. The Labute approximate surface area is 89.6 Å². The number of carbonyl (C=O) groups is 1. The van der Waals surface area contributed by atoms with E-state index in [1.165, 1.54) is 0 Å². The second-order valence-corrected chi connectivity index (χ2v) is 3.28. The second kappa shape index (κ2) is 7.27. The van der Waals surface area contributed by atoms with Crippen molar-refractivity contribution in [3.63, 3.8) is 0 Å². The average molecular weight is 213 g/mol. The molecule has 0 fully saturated rings. The zero-order valence-corrected chi connectivity index (χ0v) is 9.10. The van der Waals surface area contributed by atoms with Gasteiger partial charge in [-0.05, 0) is 6.42 Å². The van der Waals surface area contributed by atoms with Crippen molar-refractivity contribution >= 4 is 18.5 Å². The van der Waals surface area contributed by atoms with E-state index in [2.05, 4.69) is 24.9 Å². The quantitative estimate of drug-likeness (QED) is 0.266. The highest BCUT2D eigenvalue weighted by Gasteiger charge is 2.08. The van der Waals surface area contributed by atoms with Gasteiger partial charge in [-0.1, -0.05) is 19.8 Å². The Balaban J connectivity index is 4.09. The second-order valence-electron chi connectivity index (χ2n) is 2.83. The van der Waals surface area contributed by atoms with E-state index >= 15 is 0 Å². The summed E-state index contributed by atoms with van der Waals surface area (Å²) in [5.74, 6) is -0.750. The fourth-order valence-electron chi connectivity index (χ4n) is 0.895. The molecule has 3 N–H and O–H groups in total. The maximum atomic E-state index is 10.7. The van der Waals surface area contributed by atoms with Crippen LogP contribution in [0.2, 0.25) is 0 Å². The van der Waals surface area contributed by atoms with Gasteiger partial charge in [-0.25, -0.2) is 0 Å². The molecule has 0 saturated carbocycles. The lowest BCUT2D eigenvalue weighted by molar-refractivity contribution is -0.114. The third-order valence-electron chi connectivity index (χ3n) is 1.67. The molecule has 0 unspecified atom stereocenters. The van der Waals surface area contributed by atoms with Crippen molar-refractivity contribution in [2.75, 3.05) is 6.54 Å². The highest BCUT2D eigenvalue weighted by molar-refractivity contribution is 7.84. The maximum absolute atomic E-state index is 10.7.